The first-order valence-electron chi connectivity index (χ1n) is 8.79. The highest BCUT2D eigenvalue weighted by atomic mass is 32.1. The second kappa shape index (κ2) is 6.84. The van der Waals surface area contributed by atoms with Crippen molar-refractivity contribution >= 4 is 39.2 Å². The van der Waals surface area contributed by atoms with E-state index >= 15 is 0 Å². The molecule has 5 rings (SSSR count). The van der Waals surface area contributed by atoms with Crippen LogP contribution in [0.3, 0.4) is 0 Å². The van der Waals surface area contributed by atoms with E-state index in [1.807, 2.05) is 63.1 Å². The van der Waals surface area contributed by atoms with Crippen molar-refractivity contribution in [3.8, 4) is 10.7 Å². The van der Waals surface area contributed by atoms with Gasteiger partial charge in [0, 0.05) is 24.5 Å². The van der Waals surface area contributed by atoms with Gasteiger partial charge in [-0.25, -0.2) is 9.50 Å². The monoisotopic (exact) mass is 408 g/mol. The van der Waals surface area contributed by atoms with E-state index in [1.54, 1.807) is 22.7 Å². The molecule has 0 unspecified atom stereocenters. The second-order valence-corrected chi connectivity index (χ2v) is 8.10. The van der Waals surface area contributed by atoms with Gasteiger partial charge in [0.15, 0.2) is 5.82 Å². The van der Waals surface area contributed by atoms with Crippen LogP contribution in [0.1, 0.15) is 21.9 Å². The largest absolute Gasteiger partial charge is 0.350 e. The molecule has 0 aliphatic carbocycles. The molecule has 0 aliphatic rings. The summed E-state index contributed by atoms with van der Waals surface area (Å²) in [6.45, 7) is 2.37. The van der Waals surface area contributed by atoms with E-state index < -0.39 is 0 Å². The van der Waals surface area contributed by atoms with Gasteiger partial charge < -0.3 is 5.32 Å². The standard InChI is InChI=1S/C19H16N6OS2/c1-12-16(24-9-3-2-6-15(24)21-12)18(26)20-8-7-13-11-28-19-22-17(23-25(13)19)14-5-4-10-27-14/h2-6,9-11H,7-8H2,1H3,(H,20,26). The van der Waals surface area contributed by atoms with E-state index in [2.05, 4.69) is 20.4 Å². The second-order valence-electron chi connectivity index (χ2n) is 6.31. The number of rotatable bonds is 5. The van der Waals surface area contributed by atoms with E-state index in [-0.39, 0.29) is 5.91 Å². The summed E-state index contributed by atoms with van der Waals surface area (Å²) in [6.07, 6.45) is 2.53. The zero-order chi connectivity index (χ0) is 19.1. The third-order valence-electron chi connectivity index (χ3n) is 4.48. The summed E-state index contributed by atoms with van der Waals surface area (Å²) in [7, 11) is 0. The van der Waals surface area contributed by atoms with Crippen molar-refractivity contribution in [2.45, 2.75) is 13.3 Å². The van der Waals surface area contributed by atoms with Gasteiger partial charge in [-0.3, -0.25) is 9.20 Å². The maximum Gasteiger partial charge on any atom is 0.270 e. The summed E-state index contributed by atoms with van der Waals surface area (Å²) >= 11 is 3.18. The minimum atomic E-state index is -0.125. The number of nitrogens with one attached hydrogen (secondary N) is 1. The van der Waals surface area contributed by atoms with E-state index in [0.29, 0.717) is 18.7 Å². The molecule has 0 fully saturated rings. The summed E-state index contributed by atoms with van der Waals surface area (Å²) in [5.74, 6) is 0.619. The number of carbonyl (C=O) groups excluding carboxylic acids is 1. The molecule has 1 amide bonds. The topological polar surface area (TPSA) is 76.6 Å². The number of nitrogens with zero attached hydrogens (tertiary/aromatic N) is 5. The molecule has 1 N–H and O–H groups in total. The van der Waals surface area contributed by atoms with E-state index in [1.165, 1.54) is 0 Å². The Hall–Kier alpha value is -3.04. The van der Waals surface area contributed by atoms with Gasteiger partial charge in [0.25, 0.3) is 5.91 Å². The van der Waals surface area contributed by atoms with Crippen LogP contribution in [0.25, 0.3) is 21.3 Å². The van der Waals surface area contributed by atoms with Gasteiger partial charge in [-0.2, -0.15) is 4.98 Å². The van der Waals surface area contributed by atoms with Crippen LogP contribution in [0.5, 0.6) is 0 Å². The number of thiazole rings is 1. The zero-order valence-electron chi connectivity index (χ0n) is 15.0. The molecule has 5 aromatic rings. The summed E-state index contributed by atoms with van der Waals surface area (Å²) in [5, 5.41) is 11.7. The number of aryl methyl sites for hydroxylation is 1. The molecule has 5 aromatic heterocycles. The normalized spacial score (nSPS) is 11.5. The number of hydrogen-bond donors (Lipinski definition) is 1. The number of fused-ring (bicyclic) bond motifs is 2. The van der Waals surface area contributed by atoms with Gasteiger partial charge in [-0.1, -0.05) is 12.1 Å². The number of hydrogen-bond acceptors (Lipinski definition) is 6. The smallest absolute Gasteiger partial charge is 0.270 e. The van der Waals surface area contributed by atoms with Crippen LogP contribution >= 0.6 is 22.7 Å². The van der Waals surface area contributed by atoms with Crippen LogP contribution in [0.15, 0.2) is 47.3 Å². The number of carbonyl (C=O) groups is 1. The number of imidazole rings is 1. The highest BCUT2D eigenvalue weighted by Crippen LogP contribution is 2.24. The van der Waals surface area contributed by atoms with Crippen molar-refractivity contribution in [3.63, 3.8) is 0 Å². The van der Waals surface area contributed by atoms with Crippen molar-refractivity contribution in [2.24, 2.45) is 0 Å². The third kappa shape index (κ3) is 2.88. The molecular formula is C19H16N6OS2. The van der Waals surface area contributed by atoms with Crippen LogP contribution in [-0.2, 0) is 6.42 Å². The molecule has 5 heterocycles. The zero-order valence-corrected chi connectivity index (χ0v) is 16.6. The lowest BCUT2D eigenvalue weighted by Gasteiger charge is -2.05. The Balaban J connectivity index is 1.31. The lowest BCUT2D eigenvalue weighted by molar-refractivity contribution is 0.0947. The Morgan fingerprint density at radius 1 is 1.18 bits per heavy atom. The first-order chi connectivity index (χ1) is 13.7. The van der Waals surface area contributed by atoms with Crippen molar-refractivity contribution in [2.75, 3.05) is 6.54 Å². The maximum absolute atomic E-state index is 12.7. The molecule has 7 nitrogen and oxygen atoms in total. The Morgan fingerprint density at radius 3 is 2.96 bits per heavy atom. The fraction of sp³-hybridized carbons (Fsp3) is 0.158. The van der Waals surface area contributed by atoms with Gasteiger partial charge in [0.05, 0.1) is 16.3 Å². The molecule has 0 bridgehead atoms. The Morgan fingerprint density at radius 2 is 2.11 bits per heavy atom. The minimum absolute atomic E-state index is 0.125. The SMILES string of the molecule is Cc1nc2ccccn2c1C(=O)NCCc1csc2nc(-c3cccs3)nn12. The van der Waals surface area contributed by atoms with Gasteiger partial charge in [0.1, 0.15) is 11.3 Å². The summed E-state index contributed by atoms with van der Waals surface area (Å²) in [6, 6.07) is 9.70. The van der Waals surface area contributed by atoms with Crippen LogP contribution in [0, 0.1) is 6.92 Å². The van der Waals surface area contributed by atoms with Gasteiger partial charge >= 0.3 is 0 Å². The molecule has 140 valence electrons. The van der Waals surface area contributed by atoms with Gasteiger partial charge in [-0.15, -0.1) is 27.8 Å². The van der Waals surface area contributed by atoms with Crippen molar-refractivity contribution in [1.29, 1.82) is 0 Å². The van der Waals surface area contributed by atoms with E-state index in [4.69, 9.17) is 0 Å². The predicted molar refractivity (Wildman–Crippen MR) is 110 cm³/mol. The van der Waals surface area contributed by atoms with Crippen molar-refractivity contribution in [1.82, 2.24) is 29.3 Å². The average Bonchev–Trinajstić information content (AvgIpc) is 3.44. The fourth-order valence-electron chi connectivity index (χ4n) is 3.18. The lowest BCUT2D eigenvalue weighted by atomic mass is 10.3. The van der Waals surface area contributed by atoms with Gasteiger partial charge in [0.2, 0.25) is 4.96 Å². The first-order valence-corrected chi connectivity index (χ1v) is 10.6. The summed E-state index contributed by atoms with van der Waals surface area (Å²) in [4.78, 5) is 23.6. The average molecular weight is 409 g/mol. The van der Waals surface area contributed by atoms with Crippen molar-refractivity contribution in [3.05, 3.63) is 64.4 Å². The Bertz CT molecular complexity index is 1280. The van der Waals surface area contributed by atoms with Crippen LogP contribution in [0.4, 0.5) is 0 Å². The highest BCUT2D eigenvalue weighted by molar-refractivity contribution is 7.15. The third-order valence-corrected chi connectivity index (χ3v) is 6.21. The Kier molecular flexibility index (Phi) is 4.18. The fourth-order valence-corrected chi connectivity index (χ4v) is 4.69. The number of aromatic nitrogens is 5. The molecule has 9 heteroatoms. The molecule has 0 atom stereocenters. The highest BCUT2D eigenvalue weighted by Gasteiger charge is 2.16. The molecule has 0 saturated heterocycles. The summed E-state index contributed by atoms with van der Waals surface area (Å²) < 4.78 is 3.68. The molecule has 0 saturated carbocycles. The molecule has 28 heavy (non-hydrogen) atoms. The molecule has 0 spiro atoms. The van der Waals surface area contributed by atoms with Crippen molar-refractivity contribution < 1.29 is 4.79 Å². The predicted octanol–water partition coefficient (Wildman–Crippen LogP) is 3.45. The number of thiophene rings is 1. The summed E-state index contributed by atoms with van der Waals surface area (Å²) in [5.41, 5.74) is 3.10. The maximum atomic E-state index is 12.7. The molecule has 0 radical (unpaired) electrons. The lowest BCUT2D eigenvalue weighted by Crippen LogP contribution is -2.27. The molecule has 0 aliphatic heterocycles. The van der Waals surface area contributed by atoms with E-state index in [0.717, 1.165) is 32.7 Å². The van der Waals surface area contributed by atoms with E-state index in [9.17, 15) is 4.79 Å². The molecular weight excluding hydrogens is 392 g/mol. The Labute approximate surface area is 168 Å². The van der Waals surface area contributed by atoms with Crippen LogP contribution in [0.2, 0.25) is 0 Å². The van der Waals surface area contributed by atoms with Crippen LogP contribution in [-0.4, -0.2) is 36.4 Å². The van der Waals surface area contributed by atoms with Crippen LogP contribution < -0.4 is 5.32 Å². The number of pyridine rings is 1. The first kappa shape index (κ1) is 17.1. The molecule has 0 aromatic carbocycles. The van der Waals surface area contributed by atoms with Gasteiger partial charge in [-0.05, 0) is 30.5 Å². The number of amides is 1. The quantitative estimate of drug-likeness (QED) is 0.483. The minimum Gasteiger partial charge on any atom is -0.350 e.